The summed E-state index contributed by atoms with van der Waals surface area (Å²) < 4.78 is 31.8. The Morgan fingerprint density at radius 3 is 2.57 bits per heavy atom. The highest BCUT2D eigenvalue weighted by atomic mass is 19.1. The molecule has 1 aromatic carbocycles. The van der Waals surface area contributed by atoms with Crippen LogP contribution < -0.4 is 19.7 Å². The van der Waals surface area contributed by atoms with Crippen LogP contribution in [0.15, 0.2) is 30.7 Å². The zero-order valence-corrected chi connectivity index (χ0v) is 29.3. The third-order valence-corrected chi connectivity index (χ3v) is 10.3. The summed E-state index contributed by atoms with van der Waals surface area (Å²) in [6, 6.07) is 5.36. The molecule has 2 aliphatic carbocycles. The van der Waals surface area contributed by atoms with Gasteiger partial charge in [-0.1, -0.05) is 13.8 Å². The Bertz CT molecular complexity index is 1680. The van der Waals surface area contributed by atoms with Gasteiger partial charge in [-0.2, -0.15) is 4.98 Å². The number of aromatic nitrogens is 5. The highest BCUT2D eigenvalue weighted by molar-refractivity contribution is 5.73. The van der Waals surface area contributed by atoms with Gasteiger partial charge in [-0.25, -0.2) is 19.2 Å². The zero-order chi connectivity index (χ0) is 34.5. The highest BCUT2D eigenvalue weighted by Gasteiger charge is 2.53. The number of ether oxygens (including phenoxy) is 3. The number of halogens is 1. The van der Waals surface area contributed by atoms with Crippen LogP contribution in [0.5, 0.6) is 17.6 Å². The topological polar surface area (TPSA) is 128 Å². The summed E-state index contributed by atoms with van der Waals surface area (Å²) in [5.41, 5.74) is 1.75. The second kappa shape index (κ2) is 13.0. The quantitative estimate of drug-likeness (QED) is 0.273. The van der Waals surface area contributed by atoms with Crippen molar-refractivity contribution in [2.45, 2.75) is 90.3 Å². The minimum absolute atomic E-state index is 0.161. The lowest BCUT2D eigenvalue weighted by Gasteiger charge is -2.56. The van der Waals surface area contributed by atoms with E-state index in [9.17, 15) is 9.18 Å². The fraction of sp³-hybridized carbons (Fsp3) is 0.611. The average molecular weight is 675 g/mol. The van der Waals surface area contributed by atoms with Crippen LogP contribution in [0, 0.1) is 23.1 Å². The Morgan fingerprint density at radius 2 is 1.88 bits per heavy atom. The molecule has 1 unspecified atom stereocenters. The number of methoxy groups -OCH3 is 1. The van der Waals surface area contributed by atoms with E-state index in [0.717, 1.165) is 64.0 Å². The third kappa shape index (κ3) is 7.13. The number of nitrogens with zero attached hydrogens (tertiary/aromatic N) is 7. The SMILES string of the molecule is COc1ncc(-c2cc(F)ccc2Oc2nncnc2N2CCC3(C2)CN(C(C(C)C)C2CC(NC(=O)OC(C)(C)C)C2)C3)c(C2CC2)n1. The Morgan fingerprint density at radius 1 is 1.10 bits per heavy atom. The number of hydrogen-bond acceptors (Lipinski definition) is 11. The van der Waals surface area contributed by atoms with Gasteiger partial charge in [-0.3, -0.25) is 4.90 Å². The molecule has 0 bridgehead atoms. The third-order valence-electron chi connectivity index (χ3n) is 10.3. The number of benzene rings is 1. The van der Waals surface area contributed by atoms with E-state index >= 15 is 0 Å². The van der Waals surface area contributed by atoms with Gasteiger partial charge in [-0.05, 0) is 82.9 Å². The molecule has 2 aromatic heterocycles. The fourth-order valence-corrected chi connectivity index (χ4v) is 8.00. The molecule has 4 fully saturated rings. The van der Waals surface area contributed by atoms with E-state index < -0.39 is 5.60 Å². The maximum absolute atomic E-state index is 14.7. The van der Waals surface area contributed by atoms with Gasteiger partial charge in [0.15, 0.2) is 5.82 Å². The van der Waals surface area contributed by atoms with Crippen LogP contribution in [0.25, 0.3) is 11.1 Å². The normalized spacial score (nSPS) is 22.4. The first-order chi connectivity index (χ1) is 23.4. The van der Waals surface area contributed by atoms with E-state index in [0.29, 0.717) is 40.6 Å². The van der Waals surface area contributed by atoms with E-state index in [1.165, 1.54) is 25.6 Å². The van der Waals surface area contributed by atoms with Crippen molar-refractivity contribution in [2.75, 3.05) is 38.2 Å². The van der Waals surface area contributed by atoms with Gasteiger partial charge in [0.25, 0.3) is 5.88 Å². The molecule has 2 saturated heterocycles. The number of hydrogen-bond donors (Lipinski definition) is 1. The Balaban J connectivity index is 1.02. The van der Waals surface area contributed by atoms with Gasteiger partial charge in [0.1, 0.15) is 23.5 Å². The van der Waals surface area contributed by atoms with Crippen LogP contribution in [0.2, 0.25) is 0 Å². The van der Waals surface area contributed by atoms with Crippen LogP contribution in [-0.4, -0.2) is 87.1 Å². The maximum Gasteiger partial charge on any atom is 0.407 e. The molecular formula is C36H47FN8O4. The summed E-state index contributed by atoms with van der Waals surface area (Å²) in [6.45, 7) is 14.0. The molecule has 1 spiro atoms. The molecule has 3 aromatic rings. The van der Waals surface area contributed by atoms with Gasteiger partial charge in [0.2, 0.25) is 0 Å². The van der Waals surface area contributed by atoms with Gasteiger partial charge in [-0.15, -0.1) is 10.2 Å². The van der Waals surface area contributed by atoms with Gasteiger partial charge >= 0.3 is 12.1 Å². The lowest BCUT2D eigenvalue weighted by molar-refractivity contribution is -0.0691. The largest absolute Gasteiger partial charge is 0.467 e. The van der Waals surface area contributed by atoms with Crippen LogP contribution in [-0.2, 0) is 4.74 Å². The standard InChI is InChI=1S/C36H47FN8O4/c1-21(2)30(23-13-25(14-23)41-34(46)49-35(3,4)5)45-18-36(19-45)11-12-44(17-36)31-32(43-40-20-39-31)48-28-10-9-24(37)15-26(28)27-16-38-33(47-6)42-29(27)22-7-8-22/h9-10,15-16,20-23,25,30H,7-8,11-14,17-19H2,1-6H3,(H,41,46). The molecule has 1 atom stereocenters. The van der Waals surface area contributed by atoms with Crippen LogP contribution in [0.3, 0.4) is 0 Å². The zero-order valence-electron chi connectivity index (χ0n) is 29.3. The first-order valence-corrected chi connectivity index (χ1v) is 17.5. The summed E-state index contributed by atoms with van der Waals surface area (Å²) in [5, 5.41) is 11.4. The molecule has 13 heteroatoms. The van der Waals surface area contributed by atoms with Gasteiger partial charge < -0.3 is 24.4 Å². The Labute approximate surface area is 287 Å². The summed E-state index contributed by atoms with van der Waals surface area (Å²) in [6.07, 6.45) is 7.80. The van der Waals surface area contributed by atoms with Crippen LogP contribution in [0.4, 0.5) is 15.0 Å². The number of anilines is 1. The molecule has 12 nitrogen and oxygen atoms in total. The van der Waals surface area contributed by atoms with E-state index in [2.05, 4.69) is 54.1 Å². The lowest BCUT2D eigenvalue weighted by Crippen LogP contribution is -2.65. The van der Waals surface area contributed by atoms with Crippen molar-refractivity contribution in [3.05, 3.63) is 42.2 Å². The number of amides is 1. The van der Waals surface area contributed by atoms with Gasteiger partial charge in [0, 0.05) is 66.9 Å². The van der Waals surface area contributed by atoms with Crippen molar-refractivity contribution in [2.24, 2.45) is 17.3 Å². The molecule has 0 radical (unpaired) electrons. The molecule has 4 heterocycles. The van der Waals surface area contributed by atoms with E-state index in [1.54, 1.807) is 12.3 Å². The summed E-state index contributed by atoms with van der Waals surface area (Å²) >= 11 is 0. The number of alkyl carbamates (subject to hydrolysis) is 1. The van der Waals surface area contributed by atoms with Crippen molar-refractivity contribution < 1.29 is 23.4 Å². The lowest BCUT2D eigenvalue weighted by atomic mass is 9.68. The molecule has 2 saturated carbocycles. The van der Waals surface area contributed by atoms with E-state index in [-0.39, 0.29) is 41.2 Å². The first kappa shape index (κ1) is 33.4. The molecule has 262 valence electrons. The maximum atomic E-state index is 14.7. The predicted octanol–water partition coefficient (Wildman–Crippen LogP) is 5.99. The number of likely N-dealkylation sites (tertiary alicyclic amines) is 1. The van der Waals surface area contributed by atoms with Crippen molar-refractivity contribution in [1.82, 2.24) is 35.4 Å². The average Bonchev–Trinajstić information content (AvgIpc) is 3.77. The summed E-state index contributed by atoms with van der Waals surface area (Å²) in [7, 11) is 1.54. The number of carbonyl (C=O) groups is 1. The van der Waals surface area contributed by atoms with E-state index in [1.807, 2.05) is 20.8 Å². The molecule has 2 aliphatic heterocycles. The Hall–Kier alpha value is -4.13. The predicted molar refractivity (Wildman–Crippen MR) is 181 cm³/mol. The number of rotatable bonds is 10. The van der Waals surface area contributed by atoms with Crippen molar-refractivity contribution in [3.63, 3.8) is 0 Å². The number of nitrogens with one attached hydrogen (secondary N) is 1. The smallest absolute Gasteiger partial charge is 0.407 e. The molecule has 7 rings (SSSR count). The minimum Gasteiger partial charge on any atom is -0.467 e. The van der Waals surface area contributed by atoms with Gasteiger partial charge in [0.05, 0.1) is 12.8 Å². The first-order valence-electron chi connectivity index (χ1n) is 17.5. The fourth-order valence-electron chi connectivity index (χ4n) is 8.00. The molecule has 1 amide bonds. The Kier molecular flexibility index (Phi) is 8.83. The monoisotopic (exact) mass is 674 g/mol. The molecular weight excluding hydrogens is 627 g/mol. The second-order valence-corrected chi connectivity index (χ2v) is 15.6. The molecule has 1 N–H and O–H groups in total. The van der Waals surface area contributed by atoms with Crippen molar-refractivity contribution in [3.8, 4) is 28.8 Å². The van der Waals surface area contributed by atoms with Crippen LogP contribution >= 0.6 is 0 Å². The number of carbonyl (C=O) groups excluding carboxylic acids is 1. The minimum atomic E-state index is -0.500. The molecule has 4 aliphatic rings. The van der Waals surface area contributed by atoms with Crippen LogP contribution in [0.1, 0.15) is 78.3 Å². The van der Waals surface area contributed by atoms with E-state index in [4.69, 9.17) is 14.2 Å². The highest BCUT2D eigenvalue weighted by Crippen LogP contribution is 2.49. The summed E-state index contributed by atoms with van der Waals surface area (Å²) in [4.78, 5) is 30.7. The van der Waals surface area contributed by atoms with Crippen molar-refractivity contribution in [1.29, 1.82) is 0 Å². The second-order valence-electron chi connectivity index (χ2n) is 15.6. The summed E-state index contributed by atoms with van der Waals surface area (Å²) in [5.74, 6) is 2.29. The van der Waals surface area contributed by atoms with Crippen molar-refractivity contribution >= 4 is 11.9 Å². The molecule has 49 heavy (non-hydrogen) atoms.